The lowest BCUT2D eigenvalue weighted by Crippen LogP contribution is -1.88. The van der Waals surface area contributed by atoms with E-state index in [0.717, 1.165) is 28.2 Å². The predicted octanol–water partition coefficient (Wildman–Crippen LogP) is 2.82. The van der Waals surface area contributed by atoms with Crippen molar-refractivity contribution in [3.63, 3.8) is 0 Å². The maximum Gasteiger partial charge on any atom is 0.142 e. The van der Waals surface area contributed by atoms with E-state index in [2.05, 4.69) is 9.97 Å². The normalized spacial score (nSPS) is 10.7. The number of para-hydroxylation sites is 2. The largest absolute Gasteiger partial charge is 0.496 e. The molecule has 3 aromatic rings. The van der Waals surface area contributed by atoms with Gasteiger partial charge in [0.15, 0.2) is 0 Å². The molecule has 90 valence electrons. The summed E-state index contributed by atoms with van der Waals surface area (Å²) in [6, 6.07) is 13.5. The number of aromatic nitrogens is 2. The molecular formula is C14H13N3O. The number of nitrogen functional groups attached to an aromatic ring is 1. The third kappa shape index (κ3) is 1.59. The second-order valence-corrected chi connectivity index (χ2v) is 4.03. The highest BCUT2D eigenvalue weighted by Gasteiger charge is 2.10. The number of H-pyrrole nitrogens is 1. The molecule has 4 nitrogen and oxygen atoms in total. The van der Waals surface area contributed by atoms with E-state index in [4.69, 9.17) is 10.5 Å². The second kappa shape index (κ2) is 4.07. The van der Waals surface area contributed by atoms with Crippen LogP contribution < -0.4 is 10.5 Å². The third-order valence-corrected chi connectivity index (χ3v) is 2.91. The minimum absolute atomic E-state index is 0.671. The summed E-state index contributed by atoms with van der Waals surface area (Å²) in [4.78, 5) is 7.79. The highest BCUT2D eigenvalue weighted by Crippen LogP contribution is 2.30. The number of aromatic amines is 1. The molecule has 0 aliphatic heterocycles. The van der Waals surface area contributed by atoms with Gasteiger partial charge in [0.2, 0.25) is 0 Å². The number of nitrogens with zero attached hydrogens (tertiary/aromatic N) is 1. The quantitative estimate of drug-likeness (QED) is 0.676. The van der Waals surface area contributed by atoms with E-state index in [1.807, 2.05) is 42.5 Å². The van der Waals surface area contributed by atoms with Crippen molar-refractivity contribution in [2.75, 3.05) is 12.8 Å². The van der Waals surface area contributed by atoms with E-state index in [-0.39, 0.29) is 0 Å². The van der Waals surface area contributed by atoms with E-state index in [9.17, 15) is 0 Å². The fourth-order valence-corrected chi connectivity index (χ4v) is 2.02. The van der Waals surface area contributed by atoms with E-state index in [1.165, 1.54) is 0 Å². The van der Waals surface area contributed by atoms with Gasteiger partial charge < -0.3 is 15.5 Å². The zero-order valence-corrected chi connectivity index (χ0v) is 9.97. The standard InChI is InChI=1S/C14H13N3O/c1-18-12-8-3-2-5-9(12)14-16-11-7-4-6-10(15)13(11)17-14/h2-8H,15H2,1H3,(H,16,17). The minimum Gasteiger partial charge on any atom is -0.496 e. The number of nitrogens with two attached hydrogens (primary N) is 1. The molecule has 4 heteroatoms. The lowest BCUT2D eigenvalue weighted by Gasteiger charge is -2.04. The van der Waals surface area contributed by atoms with Crippen LogP contribution >= 0.6 is 0 Å². The van der Waals surface area contributed by atoms with Crippen LogP contribution in [0, 0.1) is 0 Å². The van der Waals surface area contributed by atoms with Crippen molar-refractivity contribution in [1.82, 2.24) is 9.97 Å². The summed E-state index contributed by atoms with van der Waals surface area (Å²) < 4.78 is 5.33. The molecule has 0 aliphatic carbocycles. The Labute approximate surface area is 104 Å². The summed E-state index contributed by atoms with van der Waals surface area (Å²) in [7, 11) is 1.65. The Hall–Kier alpha value is -2.49. The molecule has 2 aromatic carbocycles. The van der Waals surface area contributed by atoms with Crippen molar-refractivity contribution in [2.24, 2.45) is 0 Å². The molecule has 0 saturated heterocycles. The lowest BCUT2D eigenvalue weighted by atomic mass is 10.2. The van der Waals surface area contributed by atoms with Crippen LogP contribution in [-0.4, -0.2) is 17.1 Å². The average molecular weight is 239 g/mol. The molecule has 0 aliphatic rings. The molecule has 3 rings (SSSR count). The van der Waals surface area contributed by atoms with Crippen LogP contribution in [0.4, 0.5) is 5.69 Å². The maximum absolute atomic E-state index is 5.90. The smallest absolute Gasteiger partial charge is 0.142 e. The summed E-state index contributed by atoms with van der Waals surface area (Å²) in [6.07, 6.45) is 0. The summed E-state index contributed by atoms with van der Waals surface area (Å²) in [6.45, 7) is 0. The number of rotatable bonds is 2. The molecule has 0 radical (unpaired) electrons. The molecule has 0 spiro atoms. The van der Waals surface area contributed by atoms with Gasteiger partial charge in [-0.2, -0.15) is 0 Å². The number of benzene rings is 2. The van der Waals surface area contributed by atoms with Gasteiger partial charge in [-0.1, -0.05) is 18.2 Å². The predicted molar refractivity (Wildman–Crippen MR) is 72.5 cm³/mol. The van der Waals surface area contributed by atoms with Gasteiger partial charge >= 0.3 is 0 Å². The van der Waals surface area contributed by atoms with E-state index < -0.39 is 0 Å². The summed E-state index contributed by atoms with van der Waals surface area (Å²) in [5.74, 6) is 1.55. The number of methoxy groups -OCH3 is 1. The van der Waals surface area contributed by atoms with Crippen LogP contribution in [0.2, 0.25) is 0 Å². The van der Waals surface area contributed by atoms with E-state index in [1.54, 1.807) is 7.11 Å². The first-order chi connectivity index (χ1) is 8.79. The van der Waals surface area contributed by atoms with Crippen molar-refractivity contribution < 1.29 is 4.74 Å². The number of imidazole rings is 1. The van der Waals surface area contributed by atoms with Crippen LogP contribution in [0.3, 0.4) is 0 Å². The molecule has 1 heterocycles. The molecule has 0 saturated carbocycles. The summed E-state index contributed by atoms with van der Waals surface area (Å²) in [5, 5.41) is 0. The van der Waals surface area contributed by atoms with E-state index >= 15 is 0 Å². The van der Waals surface area contributed by atoms with Gasteiger partial charge in [-0.15, -0.1) is 0 Å². The number of nitrogens with one attached hydrogen (secondary N) is 1. The van der Waals surface area contributed by atoms with E-state index in [0.29, 0.717) is 5.69 Å². The van der Waals surface area contributed by atoms with Crippen LogP contribution in [-0.2, 0) is 0 Å². The fourth-order valence-electron chi connectivity index (χ4n) is 2.02. The van der Waals surface area contributed by atoms with Crippen molar-refractivity contribution >= 4 is 16.7 Å². The van der Waals surface area contributed by atoms with Gasteiger partial charge in [0, 0.05) is 0 Å². The number of ether oxygens (including phenoxy) is 1. The second-order valence-electron chi connectivity index (χ2n) is 4.03. The number of hydrogen-bond donors (Lipinski definition) is 2. The Bertz CT molecular complexity index is 703. The number of fused-ring (bicyclic) bond motifs is 1. The van der Waals surface area contributed by atoms with Gasteiger partial charge in [-0.05, 0) is 24.3 Å². The lowest BCUT2D eigenvalue weighted by molar-refractivity contribution is 0.416. The average Bonchev–Trinajstić information content (AvgIpc) is 2.84. The zero-order valence-electron chi connectivity index (χ0n) is 9.97. The molecule has 0 amide bonds. The SMILES string of the molecule is COc1ccccc1-c1nc2c(N)cccc2[nH]1. The van der Waals surface area contributed by atoms with Crippen LogP contribution in [0.1, 0.15) is 0 Å². The van der Waals surface area contributed by atoms with Crippen LogP contribution in [0.15, 0.2) is 42.5 Å². The Morgan fingerprint density at radius 2 is 1.94 bits per heavy atom. The highest BCUT2D eigenvalue weighted by atomic mass is 16.5. The van der Waals surface area contributed by atoms with Gasteiger partial charge in [0.1, 0.15) is 17.1 Å². The Morgan fingerprint density at radius 1 is 1.11 bits per heavy atom. The monoisotopic (exact) mass is 239 g/mol. The third-order valence-electron chi connectivity index (χ3n) is 2.91. The Morgan fingerprint density at radius 3 is 2.72 bits per heavy atom. The highest BCUT2D eigenvalue weighted by molar-refractivity contribution is 5.89. The van der Waals surface area contributed by atoms with Crippen molar-refractivity contribution in [2.45, 2.75) is 0 Å². The van der Waals surface area contributed by atoms with Crippen molar-refractivity contribution in [3.05, 3.63) is 42.5 Å². The molecule has 0 unspecified atom stereocenters. The minimum atomic E-state index is 0.671. The molecule has 0 fully saturated rings. The van der Waals surface area contributed by atoms with Gasteiger partial charge in [-0.3, -0.25) is 0 Å². The van der Waals surface area contributed by atoms with Crippen molar-refractivity contribution in [1.29, 1.82) is 0 Å². The Balaban J connectivity index is 2.23. The van der Waals surface area contributed by atoms with Gasteiger partial charge in [0.25, 0.3) is 0 Å². The van der Waals surface area contributed by atoms with Crippen LogP contribution in [0.5, 0.6) is 5.75 Å². The molecule has 0 atom stereocenters. The molecule has 0 bridgehead atoms. The summed E-state index contributed by atoms with van der Waals surface area (Å²) in [5.41, 5.74) is 9.22. The molecule has 3 N–H and O–H groups in total. The number of hydrogen-bond acceptors (Lipinski definition) is 3. The maximum atomic E-state index is 5.90. The molecular weight excluding hydrogens is 226 g/mol. The molecule has 1 aromatic heterocycles. The van der Waals surface area contributed by atoms with Crippen molar-refractivity contribution in [3.8, 4) is 17.1 Å². The Kier molecular flexibility index (Phi) is 2.41. The fraction of sp³-hybridized carbons (Fsp3) is 0.0714. The first-order valence-corrected chi connectivity index (χ1v) is 5.67. The zero-order chi connectivity index (χ0) is 12.5. The van der Waals surface area contributed by atoms with Gasteiger partial charge in [-0.25, -0.2) is 4.98 Å². The first-order valence-electron chi connectivity index (χ1n) is 5.67. The van der Waals surface area contributed by atoms with Crippen LogP contribution in [0.25, 0.3) is 22.4 Å². The molecule has 18 heavy (non-hydrogen) atoms. The topological polar surface area (TPSA) is 63.9 Å². The summed E-state index contributed by atoms with van der Waals surface area (Å²) >= 11 is 0. The number of anilines is 1. The van der Waals surface area contributed by atoms with Gasteiger partial charge in [0.05, 0.1) is 23.9 Å². The first kappa shape index (κ1) is 10.7.